The number of aromatic nitrogens is 1. The number of hydrogen-bond acceptors (Lipinski definition) is 3. The molecular weight excluding hydrogens is 309 g/mol. The third-order valence-electron chi connectivity index (χ3n) is 1.55. The average molecular weight is 314 g/mol. The van der Waals surface area contributed by atoms with E-state index in [-0.39, 0.29) is 9.39 Å². The van der Waals surface area contributed by atoms with Crippen LogP contribution in [0.15, 0.2) is 6.20 Å². The fraction of sp³-hybridized carbons (Fsp3) is 0.143. The van der Waals surface area contributed by atoms with E-state index in [1.54, 1.807) is 22.6 Å². The Morgan fingerprint density at radius 3 is 2.64 bits per heavy atom. The minimum Gasteiger partial charge on any atom is -0.478 e. The molecule has 14 heavy (non-hydrogen) atoms. The number of nitrogens with two attached hydrogens (primary N) is 1. The third kappa shape index (κ3) is 1.91. The number of hydrogen-bond donors (Lipinski definition) is 2. The van der Waals surface area contributed by atoms with Gasteiger partial charge in [-0.3, -0.25) is 0 Å². The molecule has 0 atom stereocenters. The van der Waals surface area contributed by atoms with Crippen molar-refractivity contribution in [2.45, 2.75) is 6.43 Å². The molecule has 0 spiro atoms. The summed E-state index contributed by atoms with van der Waals surface area (Å²) in [6, 6.07) is 0. The second-order valence-electron chi connectivity index (χ2n) is 2.40. The number of pyridine rings is 1. The normalized spacial score (nSPS) is 10.6. The Bertz CT molecular complexity index is 384. The molecule has 0 unspecified atom stereocenters. The van der Waals surface area contributed by atoms with E-state index in [1.807, 2.05) is 0 Å². The fourth-order valence-corrected chi connectivity index (χ4v) is 1.33. The van der Waals surface area contributed by atoms with E-state index < -0.39 is 23.5 Å². The number of nitrogen functional groups attached to an aromatic ring is 1. The number of alkyl halides is 2. The molecule has 1 heterocycles. The second kappa shape index (κ2) is 4.03. The van der Waals surface area contributed by atoms with Crippen molar-refractivity contribution in [1.29, 1.82) is 0 Å². The van der Waals surface area contributed by atoms with Crippen LogP contribution >= 0.6 is 22.6 Å². The van der Waals surface area contributed by atoms with Gasteiger partial charge in [-0.15, -0.1) is 0 Å². The first-order valence-electron chi connectivity index (χ1n) is 3.40. The van der Waals surface area contributed by atoms with Gasteiger partial charge in [0.2, 0.25) is 0 Å². The summed E-state index contributed by atoms with van der Waals surface area (Å²) in [5.74, 6) is -1.47. The number of carboxylic acids is 1. The standard InChI is InChI=1S/C7H5F2IN2O2/c8-5(9)2-1-12-6(10)4(11)3(2)7(13)14/h1,5H,11H2,(H,13,14). The molecular formula is C7H5F2IN2O2. The van der Waals surface area contributed by atoms with Gasteiger partial charge in [0.1, 0.15) is 3.70 Å². The molecule has 0 aliphatic rings. The van der Waals surface area contributed by atoms with Crippen molar-refractivity contribution in [3.63, 3.8) is 0 Å². The molecule has 1 aromatic rings. The van der Waals surface area contributed by atoms with Crippen molar-refractivity contribution >= 4 is 34.2 Å². The zero-order valence-corrected chi connectivity index (χ0v) is 8.83. The molecule has 3 N–H and O–H groups in total. The highest BCUT2D eigenvalue weighted by Crippen LogP contribution is 2.28. The van der Waals surface area contributed by atoms with E-state index in [1.165, 1.54) is 0 Å². The first-order valence-corrected chi connectivity index (χ1v) is 4.48. The summed E-state index contributed by atoms with van der Waals surface area (Å²) < 4.78 is 24.9. The van der Waals surface area contributed by atoms with Gasteiger partial charge >= 0.3 is 5.97 Å². The Labute approximate surface area is 91.3 Å². The van der Waals surface area contributed by atoms with Crippen LogP contribution in [0.5, 0.6) is 0 Å². The van der Waals surface area contributed by atoms with Crippen molar-refractivity contribution in [3.8, 4) is 0 Å². The summed E-state index contributed by atoms with van der Waals surface area (Å²) in [5, 5.41) is 8.68. The van der Waals surface area contributed by atoms with E-state index in [2.05, 4.69) is 4.98 Å². The number of rotatable bonds is 2. The van der Waals surface area contributed by atoms with Crippen LogP contribution in [0.2, 0.25) is 0 Å². The van der Waals surface area contributed by atoms with Gasteiger partial charge in [0.15, 0.2) is 0 Å². The molecule has 0 saturated heterocycles. The molecule has 1 aromatic heterocycles. The number of anilines is 1. The predicted molar refractivity (Wildman–Crippen MR) is 53.3 cm³/mol. The van der Waals surface area contributed by atoms with Crippen LogP contribution in [0.25, 0.3) is 0 Å². The van der Waals surface area contributed by atoms with Crippen molar-refractivity contribution < 1.29 is 18.7 Å². The molecule has 0 aliphatic carbocycles. The highest BCUT2D eigenvalue weighted by Gasteiger charge is 2.22. The number of nitrogens with zero attached hydrogens (tertiary/aromatic N) is 1. The van der Waals surface area contributed by atoms with E-state index in [9.17, 15) is 13.6 Å². The number of halogens is 3. The van der Waals surface area contributed by atoms with Gasteiger partial charge in [0, 0.05) is 6.20 Å². The second-order valence-corrected chi connectivity index (χ2v) is 3.42. The van der Waals surface area contributed by atoms with Gasteiger partial charge in [-0.2, -0.15) is 0 Å². The Kier molecular flexibility index (Phi) is 3.19. The average Bonchev–Trinajstić information content (AvgIpc) is 2.08. The Morgan fingerprint density at radius 1 is 1.64 bits per heavy atom. The van der Waals surface area contributed by atoms with E-state index in [0.717, 1.165) is 6.20 Å². The Morgan fingerprint density at radius 2 is 2.21 bits per heavy atom. The zero-order chi connectivity index (χ0) is 10.9. The number of carboxylic acid groups (broad SMARTS) is 1. The zero-order valence-electron chi connectivity index (χ0n) is 6.67. The molecule has 7 heteroatoms. The maximum atomic E-state index is 12.3. The lowest BCUT2D eigenvalue weighted by Crippen LogP contribution is -2.10. The van der Waals surface area contributed by atoms with Crippen LogP contribution in [-0.4, -0.2) is 16.1 Å². The number of aromatic carboxylic acids is 1. The van der Waals surface area contributed by atoms with Crippen molar-refractivity contribution in [1.82, 2.24) is 4.98 Å². The molecule has 0 saturated carbocycles. The minimum absolute atomic E-state index is 0.199. The Hall–Kier alpha value is -0.990. The van der Waals surface area contributed by atoms with Crippen LogP contribution in [0.4, 0.5) is 14.5 Å². The molecule has 0 aromatic carbocycles. The third-order valence-corrected chi connectivity index (χ3v) is 2.41. The smallest absolute Gasteiger partial charge is 0.338 e. The lowest BCUT2D eigenvalue weighted by molar-refractivity contribution is 0.0685. The molecule has 0 amide bonds. The monoisotopic (exact) mass is 314 g/mol. The maximum absolute atomic E-state index is 12.3. The van der Waals surface area contributed by atoms with Crippen molar-refractivity contribution in [3.05, 3.63) is 21.0 Å². The fourth-order valence-electron chi connectivity index (χ4n) is 0.923. The quantitative estimate of drug-likeness (QED) is 0.646. The molecule has 0 aliphatic heterocycles. The van der Waals surface area contributed by atoms with Gasteiger partial charge in [-0.05, 0) is 22.6 Å². The Balaban J connectivity index is 3.45. The summed E-state index contributed by atoms with van der Waals surface area (Å²) >= 11 is 1.68. The van der Waals surface area contributed by atoms with Crippen molar-refractivity contribution in [2.75, 3.05) is 5.73 Å². The maximum Gasteiger partial charge on any atom is 0.338 e. The van der Waals surface area contributed by atoms with Gasteiger partial charge < -0.3 is 10.8 Å². The molecule has 0 radical (unpaired) electrons. The first-order chi connectivity index (χ1) is 6.45. The summed E-state index contributed by atoms with van der Waals surface area (Å²) in [7, 11) is 0. The topological polar surface area (TPSA) is 76.2 Å². The van der Waals surface area contributed by atoms with Gasteiger partial charge in [0.25, 0.3) is 6.43 Å². The molecule has 0 fully saturated rings. The van der Waals surface area contributed by atoms with E-state index in [0.29, 0.717) is 0 Å². The molecule has 76 valence electrons. The summed E-state index contributed by atoms with van der Waals surface area (Å²) in [6.07, 6.45) is -2.07. The summed E-state index contributed by atoms with van der Waals surface area (Å²) in [4.78, 5) is 14.2. The number of carbonyl (C=O) groups is 1. The van der Waals surface area contributed by atoms with E-state index >= 15 is 0 Å². The predicted octanol–water partition coefficient (Wildman–Crippen LogP) is 1.90. The van der Waals surface area contributed by atoms with Gasteiger partial charge in [-0.1, -0.05) is 0 Å². The molecule has 4 nitrogen and oxygen atoms in total. The SMILES string of the molecule is Nc1c(I)ncc(C(F)F)c1C(=O)O. The molecule has 0 bridgehead atoms. The first kappa shape index (κ1) is 11.1. The van der Waals surface area contributed by atoms with Crippen LogP contribution in [-0.2, 0) is 0 Å². The lowest BCUT2D eigenvalue weighted by Gasteiger charge is -2.08. The van der Waals surface area contributed by atoms with Gasteiger partial charge in [-0.25, -0.2) is 18.6 Å². The lowest BCUT2D eigenvalue weighted by atomic mass is 10.1. The van der Waals surface area contributed by atoms with E-state index in [4.69, 9.17) is 10.8 Å². The van der Waals surface area contributed by atoms with Crippen LogP contribution in [0.3, 0.4) is 0 Å². The largest absolute Gasteiger partial charge is 0.478 e. The summed E-state index contributed by atoms with van der Waals surface area (Å²) in [5.41, 5.74) is 3.88. The summed E-state index contributed by atoms with van der Waals surface area (Å²) in [6.45, 7) is 0. The van der Waals surface area contributed by atoms with Crippen LogP contribution < -0.4 is 5.73 Å². The minimum atomic E-state index is -2.90. The van der Waals surface area contributed by atoms with Gasteiger partial charge in [0.05, 0.1) is 16.8 Å². The van der Waals surface area contributed by atoms with Crippen LogP contribution in [0.1, 0.15) is 22.3 Å². The highest BCUT2D eigenvalue weighted by molar-refractivity contribution is 14.1. The van der Waals surface area contributed by atoms with Crippen LogP contribution in [0, 0.1) is 3.70 Å². The highest BCUT2D eigenvalue weighted by atomic mass is 127. The van der Waals surface area contributed by atoms with Crippen molar-refractivity contribution in [2.24, 2.45) is 0 Å². The molecule has 1 rings (SSSR count).